The molecule has 4 rings (SSSR count). The van der Waals surface area contributed by atoms with E-state index in [4.69, 9.17) is 0 Å². The molecule has 1 aromatic heterocycles. The van der Waals surface area contributed by atoms with Gasteiger partial charge < -0.3 is 14.9 Å². The number of hydrogen-bond donors (Lipinski definition) is 1. The first-order chi connectivity index (χ1) is 13.2. The van der Waals surface area contributed by atoms with E-state index in [1.165, 1.54) is 0 Å². The molecule has 0 bridgehead atoms. The molecular formula is C21H22N4O2. The Labute approximate surface area is 158 Å². The third-order valence-corrected chi connectivity index (χ3v) is 4.87. The Hall–Kier alpha value is -3.28. The molecule has 0 saturated carbocycles. The van der Waals surface area contributed by atoms with Gasteiger partial charge in [-0.15, -0.1) is 0 Å². The molecule has 1 aliphatic heterocycles. The van der Waals surface area contributed by atoms with Gasteiger partial charge in [0.2, 0.25) is 5.91 Å². The SMILES string of the molecule is O=C(Cc1cnn(-c2ccccc2)c1)N1CCN(c2ccccc2O)CC1. The second kappa shape index (κ2) is 7.53. The normalized spacial score (nSPS) is 14.4. The first kappa shape index (κ1) is 17.1. The number of piperazine rings is 1. The molecule has 3 aromatic rings. The third-order valence-electron chi connectivity index (χ3n) is 4.87. The van der Waals surface area contributed by atoms with Gasteiger partial charge in [0.25, 0.3) is 0 Å². The molecule has 2 aromatic carbocycles. The Balaban J connectivity index is 1.35. The van der Waals surface area contributed by atoms with Gasteiger partial charge in [-0.1, -0.05) is 30.3 Å². The van der Waals surface area contributed by atoms with Crippen molar-refractivity contribution in [3.63, 3.8) is 0 Å². The Morgan fingerprint density at radius 2 is 1.67 bits per heavy atom. The number of aromatic hydroxyl groups is 1. The number of carbonyl (C=O) groups excluding carboxylic acids is 1. The molecule has 6 nitrogen and oxygen atoms in total. The predicted octanol–water partition coefficient (Wildman–Crippen LogP) is 2.47. The van der Waals surface area contributed by atoms with Crippen molar-refractivity contribution in [2.24, 2.45) is 0 Å². The zero-order valence-electron chi connectivity index (χ0n) is 15.0. The minimum atomic E-state index is 0.111. The molecule has 0 aliphatic carbocycles. The Morgan fingerprint density at radius 3 is 2.41 bits per heavy atom. The van der Waals surface area contributed by atoms with Crippen LogP contribution in [0.15, 0.2) is 67.0 Å². The van der Waals surface area contributed by atoms with E-state index in [-0.39, 0.29) is 11.7 Å². The summed E-state index contributed by atoms with van der Waals surface area (Å²) in [5.41, 5.74) is 2.72. The van der Waals surface area contributed by atoms with E-state index in [0.29, 0.717) is 32.6 Å². The van der Waals surface area contributed by atoms with Crippen molar-refractivity contribution in [1.29, 1.82) is 0 Å². The van der Waals surface area contributed by atoms with E-state index in [0.717, 1.165) is 16.9 Å². The fourth-order valence-electron chi connectivity index (χ4n) is 3.39. The van der Waals surface area contributed by atoms with Crippen molar-refractivity contribution in [3.8, 4) is 11.4 Å². The molecule has 2 heterocycles. The van der Waals surface area contributed by atoms with Gasteiger partial charge in [0.15, 0.2) is 0 Å². The molecule has 138 valence electrons. The fourth-order valence-corrected chi connectivity index (χ4v) is 3.39. The molecule has 6 heteroatoms. The lowest BCUT2D eigenvalue weighted by Crippen LogP contribution is -2.49. The summed E-state index contributed by atoms with van der Waals surface area (Å²) < 4.78 is 1.79. The van der Waals surface area contributed by atoms with Crippen LogP contribution in [0.1, 0.15) is 5.56 Å². The summed E-state index contributed by atoms with van der Waals surface area (Å²) in [4.78, 5) is 16.6. The number of phenolic OH excluding ortho intramolecular Hbond substituents is 1. The maximum atomic E-state index is 12.6. The summed E-state index contributed by atoms with van der Waals surface area (Å²) >= 11 is 0. The van der Waals surface area contributed by atoms with Gasteiger partial charge >= 0.3 is 0 Å². The van der Waals surface area contributed by atoms with Crippen LogP contribution in [0.2, 0.25) is 0 Å². The summed E-state index contributed by atoms with van der Waals surface area (Å²) in [7, 11) is 0. The number of hydrogen-bond acceptors (Lipinski definition) is 4. The second-order valence-corrected chi connectivity index (χ2v) is 6.66. The average molecular weight is 362 g/mol. The summed E-state index contributed by atoms with van der Waals surface area (Å²) in [6.07, 6.45) is 4.01. The highest BCUT2D eigenvalue weighted by atomic mass is 16.3. The van der Waals surface area contributed by atoms with Crippen LogP contribution in [-0.2, 0) is 11.2 Å². The molecule has 1 fully saturated rings. The number of phenols is 1. The molecule has 1 N–H and O–H groups in total. The van der Waals surface area contributed by atoms with Crippen molar-refractivity contribution >= 4 is 11.6 Å². The molecule has 0 atom stereocenters. The molecule has 0 radical (unpaired) electrons. The first-order valence-corrected chi connectivity index (χ1v) is 9.10. The minimum Gasteiger partial charge on any atom is -0.506 e. The van der Waals surface area contributed by atoms with Crippen LogP contribution in [-0.4, -0.2) is 51.9 Å². The van der Waals surface area contributed by atoms with E-state index in [1.54, 1.807) is 16.9 Å². The smallest absolute Gasteiger partial charge is 0.227 e. The Kier molecular flexibility index (Phi) is 4.78. The zero-order chi connectivity index (χ0) is 18.6. The quantitative estimate of drug-likeness (QED) is 0.775. The first-order valence-electron chi connectivity index (χ1n) is 9.10. The molecule has 1 saturated heterocycles. The molecular weight excluding hydrogens is 340 g/mol. The second-order valence-electron chi connectivity index (χ2n) is 6.66. The van der Waals surface area contributed by atoms with Gasteiger partial charge in [-0.05, 0) is 29.8 Å². The standard InChI is InChI=1S/C21H22N4O2/c26-20-9-5-4-8-19(20)23-10-12-24(13-11-23)21(27)14-17-15-22-25(16-17)18-6-2-1-3-7-18/h1-9,15-16,26H,10-14H2. The molecule has 27 heavy (non-hydrogen) atoms. The van der Waals surface area contributed by atoms with Gasteiger partial charge in [0.1, 0.15) is 5.75 Å². The van der Waals surface area contributed by atoms with E-state index >= 15 is 0 Å². The Bertz CT molecular complexity index is 915. The van der Waals surface area contributed by atoms with E-state index < -0.39 is 0 Å². The van der Waals surface area contributed by atoms with Gasteiger partial charge in [0.05, 0.1) is 24.0 Å². The molecule has 1 amide bonds. The summed E-state index contributed by atoms with van der Waals surface area (Å²) in [6.45, 7) is 2.74. The Morgan fingerprint density at radius 1 is 0.963 bits per heavy atom. The van der Waals surface area contributed by atoms with Crippen molar-refractivity contribution in [1.82, 2.24) is 14.7 Å². The van der Waals surface area contributed by atoms with Crippen LogP contribution in [0.5, 0.6) is 5.75 Å². The number of amides is 1. The van der Waals surface area contributed by atoms with Crippen molar-refractivity contribution in [2.45, 2.75) is 6.42 Å². The van der Waals surface area contributed by atoms with Crippen LogP contribution >= 0.6 is 0 Å². The van der Waals surface area contributed by atoms with Crippen LogP contribution in [0.4, 0.5) is 5.69 Å². The lowest BCUT2D eigenvalue weighted by molar-refractivity contribution is -0.130. The number of aromatic nitrogens is 2. The van der Waals surface area contributed by atoms with Gasteiger partial charge in [-0.3, -0.25) is 4.79 Å². The molecule has 0 spiro atoms. The van der Waals surface area contributed by atoms with Crippen molar-refractivity contribution < 1.29 is 9.90 Å². The highest BCUT2D eigenvalue weighted by molar-refractivity contribution is 5.79. The predicted molar refractivity (Wildman–Crippen MR) is 104 cm³/mol. The third kappa shape index (κ3) is 3.79. The zero-order valence-corrected chi connectivity index (χ0v) is 15.0. The monoisotopic (exact) mass is 362 g/mol. The summed E-state index contributed by atoms with van der Waals surface area (Å²) in [6, 6.07) is 17.2. The fraction of sp³-hybridized carbons (Fsp3) is 0.238. The molecule has 1 aliphatic rings. The average Bonchev–Trinajstić information content (AvgIpc) is 3.18. The lowest BCUT2D eigenvalue weighted by atomic mass is 10.2. The molecule has 0 unspecified atom stereocenters. The van der Waals surface area contributed by atoms with Crippen LogP contribution < -0.4 is 4.90 Å². The number of rotatable bonds is 4. The van der Waals surface area contributed by atoms with Gasteiger partial charge in [0, 0.05) is 32.4 Å². The van der Waals surface area contributed by atoms with Gasteiger partial charge in [-0.25, -0.2) is 4.68 Å². The summed E-state index contributed by atoms with van der Waals surface area (Å²) in [5.74, 6) is 0.394. The number of anilines is 1. The minimum absolute atomic E-state index is 0.111. The van der Waals surface area contributed by atoms with Crippen LogP contribution in [0.25, 0.3) is 5.69 Å². The van der Waals surface area contributed by atoms with E-state index in [1.807, 2.05) is 59.6 Å². The lowest BCUT2D eigenvalue weighted by Gasteiger charge is -2.36. The number of nitrogens with zero attached hydrogens (tertiary/aromatic N) is 4. The highest BCUT2D eigenvalue weighted by Crippen LogP contribution is 2.27. The number of carbonyl (C=O) groups is 1. The maximum absolute atomic E-state index is 12.6. The highest BCUT2D eigenvalue weighted by Gasteiger charge is 2.22. The largest absolute Gasteiger partial charge is 0.506 e. The van der Waals surface area contributed by atoms with Gasteiger partial charge in [-0.2, -0.15) is 5.10 Å². The van der Waals surface area contributed by atoms with Crippen molar-refractivity contribution in [3.05, 3.63) is 72.6 Å². The van der Waals surface area contributed by atoms with Crippen LogP contribution in [0, 0.1) is 0 Å². The number of para-hydroxylation sites is 3. The van der Waals surface area contributed by atoms with E-state index in [2.05, 4.69) is 10.00 Å². The van der Waals surface area contributed by atoms with Crippen molar-refractivity contribution in [2.75, 3.05) is 31.1 Å². The maximum Gasteiger partial charge on any atom is 0.227 e. The number of benzene rings is 2. The topological polar surface area (TPSA) is 61.6 Å². The summed E-state index contributed by atoms with van der Waals surface area (Å²) in [5, 5.41) is 14.4. The van der Waals surface area contributed by atoms with Crippen LogP contribution in [0.3, 0.4) is 0 Å². The van der Waals surface area contributed by atoms with E-state index in [9.17, 15) is 9.90 Å².